The number of fused-ring (bicyclic) bond motifs is 4. The van der Waals surface area contributed by atoms with Gasteiger partial charge in [0.05, 0.1) is 28.9 Å². The maximum atomic E-state index is 13.3. The summed E-state index contributed by atoms with van der Waals surface area (Å²) in [5.74, 6) is 1.88. The highest BCUT2D eigenvalue weighted by molar-refractivity contribution is 7.19. The number of hydrogen-bond acceptors (Lipinski definition) is 8. The smallest absolute Gasteiger partial charge is 0.226 e. The van der Waals surface area contributed by atoms with Crippen LogP contribution in [0.4, 0.5) is 11.5 Å². The van der Waals surface area contributed by atoms with Gasteiger partial charge >= 0.3 is 0 Å². The van der Waals surface area contributed by atoms with Gasteiger partial charge in [-0.1, -0.05) is 0 Å². The van der Waals surface area contributed by atoms with Crippen LogP contribution >= 0.6 is 11.3 Å². The highest BCUT2D eigenvalue weighted by Gasteiger charge is 2.32. The number of amides is 1. The summed E-state index contributed by atoms with van der Waals surface area (Å²) >= 11 is 1.70. The standard InChI is InChI=1S/C26H31N7O2S/c1-15(2)35-21-12-19-17(13-29-31-19)10-20(21)30-24-23-18-5-4-16(11-22(18)36-25(23)28-14-27-24)26(34)33-8-6-32(3)7-9-33/h10,12-16H,4-9,11H2,1-3H3,(H,29,31)(H,27,28,30)/t16-/m0/s1. The number of likely N-dealkylation sites (N-methyl/N-ethyl adjacent to an activating group) is 1. The first-order chi connectivity index (χ1) is 17.5. The van der Waals surface area contributed by atoms with Crippen molar-refractivity contribution in [2.75, 3.05) is 38.5 Å². The van der Waals surface area contributed by atoms with Crippen molar-refractivity contribution in [1.82, 2.24) is 30.0 Å². The summed E-state index contributed by atoms with van der Waals surface area (Å²) in [6, 6.07) is 4.01. The minimum Gasteiger partial charge on any atom is -0.489 e. The molecule has 0 unspecified atom stereocenters. The zero-order chi connectivity index (χ0) is 24.8. The number of nitrogens with zero attached hydrogens (tertiary/aromatic N) is 5. The van der Waals surface area contributed by atoms with Crippen LogP contribution in [-0.4, -0.2) is 75.2 Å². The Morgan fingerprint density at radius 3 is 2.86 bits per heavy atom. The highest BCUT2D eigenvalue weighted by atomic mass is 32.1. The molecule has 9 nitrogen and oxygen atoms in total. The fourth-order valence-corrected chi connectivity index (χ4v) is 6.52. The van der Waals surface area contributed by atoms with E-state index in [2.05, 4.69) is 42.3 Å². The van der Waals surface area contributed by atoms with E-state index in [-0.39, 0.29) is 12.0 Å². The van der Waals surface area contributed by atoms with Crippen LogP contribution in [0.25, 0.3) is 21.1 Å². The summed E-state index contributed by atoms with van der Waals surface area (Å²) in [7, 11) is 2.11. The van der Waals surface area contributed by atoms with Gasteiger partial charge in [0, 0.05) is 48.4 Å². The van der Waals surface area contributed by atoms with Crippen molar-refractivity contribution >= 4 is 49.9 Å². The number of aromatic amines is 1. The second kappa shape index (κ2) is 9.33. The number of aromatic nitrogens is 4. The van der Waals surface area contributed by atoms with Crippen LogP contribution in [0.5, 0.6) is 5.75 Å². The lowest BCUT2D eigenvalue weighted by molar-refractivity contribution is -0.137. The van der Waals surface area contributed by atoms with Gasteiger partial charge in [-0.2, -0.15) is 5.10 Å². The predicted molar refractivity (Wildman–Crippen MR) is 142 cm³/mol. The highest BCUT2D eigenvalue weighted by Crippen LogP contribution is 2.42. The molecule has 1 aliphatic carbocycles. The Morgan fingerprint density at radius 1 is 1.22 bits per heavy atom. The number of thiophene rings is 1. The van der Waals surface area contributed by atoms with Crippen molar-refractivity contribution in [3.05, 3.63) is 35.1 Å². The van der Waals surface area contributed by atoms with Gasteiger partial charge in [-0.05, 0) is 51.8 Å². The van der Waals surface area contributed by atoms with E-state index >= 15 is 0 Å². The number of aryl methyl sites for hydroxylation is 1. The van der Waals surface area contributed by atoms with E-state index < -0.39 is 0 Å². The molecule has 0 radical (unpaired) electrons. The molecule has 1 atom stereocenters. The number of benzene rings is 1. The first-order valence-electron chi connectivity index (χ1n) is 12.6. The summed E-state index contributed by atoms with van der Waals surface area (Å²) in [5, 5.41) is 12.8. The average Bonchev–Trinajstić information content (AvgIpc) is 3.47. The Morgan fingerprint density at radius 2 is 2.06 bits per heavy atom. The summed E-state index contributed by atoms with van der Waals surface area (Å²) in [6.07, 6.45) is 5.94. The maximum Gasteiger partial charge on any atom is 0.226 e. The van der Waals surface area contributed by atoms with Gasteiger partial charge in [-0.3, -0.25) is 9.89 Å². The number of carbonyl (C=O) groups is 1. The van der Waals surface area contributed by atoms with E-state index in [0.717, 1.165) is 83.8 Å². The van der Waals surface area contributed by atoms with Gasteiger partial charge in [0.25, 0.3) is 0 Å². The molecular formula is C26H31N7O2S. The van der Waals surface area contributed by atoms with E-state index in [1.165, 1.54) is 10.4 Å². The Balaban J connectivity index is 1.30. The molecule has 1 amide bonds. The first-order valence-corrected chi connectivity index (χ1v) is 13.4. The van der Waals surface area contributed by atoms with Gasteiger partial charge < -0.3 is 19.9 Å². The Labute approximate surface area is 213 Å². The Kier molecular flexibility index (Phi) is 6.00. The molecule has 1 saturated heterocycles. The molecule has 2 aliphatic rings. The molecule has 36 heavy (non-hydrogen) atoms. The first kappa shape index (κ1) is 23.2. The fraction of sp³-hybridized carbons (Fsp3) is 0.462. The van der Waals surface area contributed by atoms with Gasteiger partial charge in [-0.15, -0.1) is 11.3 Å². The SMILES string of the molecule is CC(C)Oc1cc2[nH]ncc2cc1Nc1ncnc2sc3c(c12)CC[C@H](C(=O)N1CCN(C)CC1)C3. The van der Waals surface area contributed by atoms with Gasteiger partial charge in [0.2, 0.25) is 5.91 Å². The number of nitrogens with one attached hydrogen (secondary N) is 2. The third kappa shape index (κ3) is 4.28. The average molecular weight is 506 g/mol. The lowest BCUT2D eigenvalue weighted by Crippen LogP contribution is -2.49. The second-order valence-corrected chi connectivity index (χ2v) is 11.2. The summed E-state index contributed by atoms with van der Waals surface area (Å²) in [4.78, 5) is 29.0. The zero-order valence-corrected chi connectivity index (χ0v) is 21.7. The normalized spacial score (nSPS) is 18.7. The van der Waals surface area contributed by atoms with Crippen LogP contribution in [0.3, 0.4) is 0 Å². The van der Waals surface area contributed by atoms with E-state index in [1.807, 2.05) is 26.0 Å². The number of hydrogen-bond donors (Lipinski definition) is 2. The largest absolute Gasteiger partial charge is 0.489 e. The van der Waals surface area contributed by atoms with Crippen molar-refractivity contribution in [3.8, 4) is 5.75 Å². The monoisotopic (exact) mass is 505 g/mol. The number of rotatable bonds is 5. The molecule has 0 bridgehead atoms. The number of piperazine rings is 1. The minimum atomic E-state index is 0.0278. The number of anilines is 2. The lowest BCUT2D eigenvalue weighted by Gasteiger charge is -2.35. The maximum absolute atomic E-state index is 13.3. The van der Waals surface area contributed by atoms with Gasteiger partial charge in [0.15, 0.2) is 0 Å². The summed E-state index contributed by atoms with van der Waals surface area (Å²) in [6.45, 7) is 7.57. The molecule has 1 aliphatic heterocycles. The lowest BCUT2D eigenvalue weighted by atomic mass is 9.86. The number of ether oxygens (including phenoxy) is 1. The molecule has 4 aromatic rings. The molecule has 188 valence electrons. The molecule has 2 N–H and O–H groups in total. The zero-order valence-electron chi connectivity index (χ0n) is 20.9. The molecule has 0 saturated carbocycles. The van der Waals surface area contributed by atoms with Gasteiger partial charge in [-0.25, -0.2) is 9.97 Å². The minimum absolute atomic E-state index is 0.0278. The fourth-order valence-electron chi connectivity index (χ4n) is 5.25. The van der Waals surface area contributed by atoms with Crippen LogP contribution in [0.15, 0.2) is 24.7 Å². The van der Waals surface area contributed by atoms with Crippen molar-refractivity contribution in [2.24, 2.45) is 5.92 Å². The molecule has 1 fully saturated rings. The van der Waals surface area contributed by atoms with Crippen LogP contribution in [0, 0.1) is 5.92 Å². The molecule has 3 aromatic heterocycles. The summed E-state index contributed by atoms with van der Waals surface area (Å²) < 4.78 is 6.11. The second-order valence-electron chi connectivity index (χ2n) is 10.1. The molecule has 4 heterocycles. The van der Waals surface area contributed by atoms with Crippen LogP contribution < -0.4 is 10.1 Å². The van der Waals surface area contributed by atoms with Crippen LogP contribution in [-0.2, 0) is 17.6 Å². The number of H-pyrrole nitrogens is 1. The molecule has 1 aromatic carbocycles. The quantitative estimate of drug-likeness (QED) is 0.423. The van der Waals surface area contributed by atoms with E-state index in [1.54, 1.807) is 23.9 Å². The van der Waals surface area contributed by atoms with Crippen LogP contribution in [0.2, 0.25) is 0 Å². The third-order valence-electron chi connectivity index (χ3n) is 7.17. The van der Waals surface area contributed by atoms with Gasteiger partial charge in [0.1, 0.15) is 22.7 Å². The van der Waals surface area contributed by atoms with Crippen molar-refractivity contribution in [1.29, 1.82) is 0 Å². The summed E-state index contributed by atoms with van der Waals surface area (Å²) in [5.41, 5.74) is 3.04. The molecule has 0 spiro atoms. The number of carbonyl (C=O) groups excluding carboxylic acids is 1. The topological polar surface area (TPSA) is 99.3 Å². The van der Waals surface area contributed by atoms with Crippen molar-refractivity contribution in [2.45, 2.75) is 39.2 Å². The van der Waals surface area contributed by atoms with Crippen molar-refractivity contribution < 1.29 is 9.53 Å². The molecule has 10 heteroatoms. The van der Waals surface area contributed by atoms with Crippen molar-refractivity contribution in [3.63, 3.8) is 0 Å². The molecule has 6 rings (SSSR count). The third-order valence-corrected chi connectivity index (χ3v) is 8.33. The van der Waals surface area contributed by atoms with E-state index in [4.69, 9.17) is 4.74 Å². The van der Waals surface area contributed by atoms with E-state index in [9.17, 15) is 4.79 Å². The van der Waals surface area contributed by atoms with E-state index in [0.29, 0.717) is 5.91 Å². The predicted octanol–water partition coefficient (Wildman–Crippen LogP) is 3.98. The van der Waals surface area contributed by atoms with Crippen LogP contribution in [0.1, 0.15) is 30.7 Å². The Hall–Kier alpha value is -3.24. The molecular weight excluding hydrogens is 474 g/mol. The Bertz CT molecular complexity index is 1420.